The Morgan fingerprint density at radius 1 is 0.917 bits per heavy atom. The van der Waals surface area contributed by atoms with E-state index in [0.29, 0.717) is 0 Å². The van der Waals surface area contributed by atoms with E-state index in [1.54, 1.807) is 15.3 Å². The second-order valence-electron chi connectivity index (χ2n) is 6.36. The predicted octanol–water partition coefficient (Wildman–Crippen LogP) is -1.43. The molecule has 2 aromatic rings. The molecule has 0 saturated carbocycles. The van der Waals surface area contributed by atoms with Crippen LogP contribution < -0.4 is 37.2 Å². The average molecular weight is 523 g/mol. The van der Waals surface area contributed by atoms with Gasteiger partial charge in [0.05, 0.1) is 0 Å². The third kappa shape index (κ3) is 3.45. The molecule has 2 aromatic carbocycles. The summed E-state index contributed by atoms with van der Waals surface area (Å²) in [7, 11) is 0. The van der Waals surface area contributed by atoms with Crippen molar-refractivity contribution in [2.45, 2.75) is 26.7 Å². The Labute approximate surface area is 173 Å². The van der Waals surface area contributed by atoms with E-state index in [1.165, 1.54) is 23.1 Å². The van der Waals surface area contributed by atoms with Gasteiger partial charge in [0.2, 0.25) is 0 Å². The van der Waals surface area contributed by atoms with E-state index in [4.69, 9.17) is 0 Å². The third-order valence-electron chi connectivity index (χ3n) is 4.71. The van der Waals surface area contributed by atoms with Crippen molar-refractivity contribution in [3.63, 3.8) is 0 Å². The number of hydrogen-bond acceptors (Lipinski definition) is 0. The molecule has 24 heavy (non-hydrogen) atoms. The van der Waals surface area contributed by atoms with Gasteiger partial charge in [0.1, 0.15) is 0 Å². The Morgan fingerprint density at radius 2 is 1.67 bits per heavy atom. The molecule has 3 heteroatoms. The first-order valence-corrected chi connectivity index (χ1v) is 11.7. The third-order valence-corrected chi connectivity index (χ3v) is 12.1. The van der Waals surface area contributed by atoms with Crippen LogP contribution in [0.3, 0.4) is 0 Å². The zero-order valence-corrected chi connectivity index (χ0v) is 19.6. The van der Waals surface area contributed by atoms with Gasteiger partial charge in [-0.15, -0.1) is 0 Å². The molecule has 0 N–H and O–H groups in total. The van der Waals surface area contributed by atoms with Crippen LogP contribution in [0.25, 0.3) is 11.1 Å². The van der Waals surface area contributed by atoms with Gasteiger partial charge >= 0.3 is 141 Å². The fourth-order valence-corrected chi connectivity index (χ4v) is 10.9. The number of allylic oxidation sites excluding steroid dienone is 4. The Morgan fingerprint density at radius 3 is 2.38 bits per heavy atom. The van der Waals surface area contributed by atoms with Crippen LogP contribution in [0.4, 0.5) is 0 Å². The molecular weight excluding hydrogens is 503 g/mol. The molecular formula is C21H20Br2Zr. The van der Waals surface area contributed by atoms with Crippen LogP contribution in [0.2, 0.25) is 0 Å². The molecule has 0 aromatic heterocycles. The fourth-order valence-electron chi connectivity index (χ4n) is 3.79. The predicted molar refractivity (Wildman–Crippen MR) is 92.5 cm³/mol. The normalized spacial score (nSPS) is 13.0. The monoisotopic (exact) mass is 520 g/mol. The summed E-state index contributed by atoms with van der Waals surface area (Å²) >= 11 is -1.86. The standard InChI is InChI=1S/C13H9.C5H5.C3H6.2BrH.Zr/c1-3-7-12-10(5-1)9-11-6-2-4-8-13(11)12;1-2-4-5-3-1;1-3-2;;;/h1-5,7-8H,9H2;1-3H,4H2;1-2H3;2*1H;/q;;;;;+2/p-2. The molecule has 2 aliphatic carbocycles. The minimum Gasteiger partial charge on any atom is -1.00 e. The van der Waals surface area contributed by atoms with Gasteiger partial charge in [-0.25, -0.2) is 0 Å². The first kappa shape index (κ1) is 20.0. The molecule has 0 amide bonds. The van der Waals surface area contributed by atoms with E-state index >= 15 is 0 Å². The van der Waals surface area contributed by atoms with E-state index in [9.17, 15) is 0 Å². The van der Waals surface area contributed by atoms with E-state index in [-0.39, 0.29) is 34.0 Å². The van der Waals surface area contributed by atoms with Crippen LogP contribution in [-0.4, -0.2) is 3.21 Å². The van der Waals surface area contributed by atoms with Crippen molar-refractivity contribution in [3.8, 4) is 11.1 Å². The molecule has 0 spiro atoms. The average Bonchev–Trinajstić information content (AvgIpc) is 3.15. The molecule has 2 aliphatic rings. The number of hydrogen-bond donors (Lipinski definition) is 0. The first-order chi connectivity index (χ1) is 10.8. The first-order valence-electron chi connectivity index (χ1n) is 8.00. The summed E-state index contributed by atoms with van der Waals surface area (Å²) in [6.07, 6.45) is 9.26. The minimum atomic E-state index is -1.86. The minimum absolute atomic E-state index is 0. The van der Waals surface area contributed by atoms with E-state index in [1.807, 2.05) is 0 Å². The van der Waals surface area contributed by atoms with Crippen molar-refractivity contribution in [1.29, 1.82) is 0 Å². The zero-order valence-electron chi connectivity index (χ0n) is 13.9. The van der Waals surface area contributed by atoms with Gasteiger partial charge in [0.15, 0.2) is 0 Å². The van der Waals surface area contributed by atoms with Crippen molar-refractivity contribution in [1.82, 2.24) is 0 Å². The molecule has 0 atom stereocenters. The van der Waals surface area contributed by atoms with Crippen molar-refractivity contribution in [3.05, 3.63) is 75.1 Å². The van der Waals surface area contributed by atoms with Crippen molar-refractivity contribution in [2.75, 3.05) is 0 Å². The maximum atomic E-state index is 2.42. The van der Waals surface area contributed by atoms with Crippen LogP contribution in [0.1, 0.15) is 31.4 Å². The Bertz CT molecular complexity index is 856. The number of fused-ring (bicyclic) bond motifs is 3. The van der Waals surface area contributed by atoms with Crippen LogP contribution in [-0.2, 0) is 27.7 Å². The van der Waals surface area contributed by atoms with Crippen molar-refractivity contribution in [2.24, 2.45) is 0 Å². The van der Waals surface area contributed by atoms with Crippen LogP contribution in [0.15, 0.2) is 64.0 Å². The fraction of sp³-hybridized carbons (Fsp3) is 0.190. The van der Waals surface area contributed by atoms with Gasteiger partial charge in [-0.3, -0.25) is 0 Å². The van der Waals surface area contributed by atoms with Gasteiger partial charge in [-0.05, 0) is 0 Å². The van der Waals surface area contributed by atoms with Gasteiger partial charge in [0, 0.05) is 0 Å². The summed E-state index contributed by atoms with van der Waals surface area (Å²) in [5.74, 6) is 0. The number of rotatable bonds is 2. The zero-order chi connectivity index (χ0) is 15.1. The van der Waals surface area contributed by atoms with Crippen LogP contribution in [0.5, 0.6) is 0 Å². The molecule has 122 valence electrons. The summed E-state index contributed by atoms with van der Waals surface area (Å²) in [4.78, 5) is 0. The molecule has 0 nitrogen and oxygen atoms in total. The second-order valence-corrected chi connectivity index (χ2v) is 13.6. The van der Waals surface area contributed by atoms with Gasteiger partial charge < -0.3 is 34.0 Å². The maximum absolute atomic E-state index is 2.42. The van der Waals surface area contributed by atoms with E-state index in [2.05, 4.69) is 74.5 Å². The molecule has 0 unspecified atom stereocenters. The topological polar surface area (TPSA) is 0 Å². The van der Waals surface area contributed by atoms with Crippen LogP contribution >= 0.6 is 0 Å². The molecule has 0 aliphatic heterocycles. The van der Waals surface area contributed by atoms with Gasteiger partial charge in [-0.1, -0.05) is 0 Å². The quantitative estimate of drug-likeness (QED) is 0.387. The van der Waals surface area contributed by atoms with Crippen molar-refractivity contribution >= 4 is 6.48 Å². The summed E-state index contributed by atoms with van der Waals surface area (Å²) in [5, 5.41) is 0. The second kappa shape index (κ2) is 8.34. The molecule has 0 fully saturated rings. The van der Waals surface area contributed by atoms with E-state index < -0.39 is 21.3 Å². The SMILES string of the molecule is C[C](C)=[Zr+2]([C]1=CC=CC1)[c]1cccc2c1Cc1ccccc1-2.[Br-].[Br-]. The molecule has 0 heterocycles. The Hall–Kier alpha value is -0.367. The summed E-state index contributed by atoms with van der Waals surface area (Å²) in [6.45, 7) is 4.71. The molecule has 0 radical (unpaired) electrons. The maximum Gasteiger partial charge on any atom is -1.00 e. The molecule has 0 saturated heterocycles. The van der Waals surface area contributed by atoms with E-state index in [0.717, 1.165) is 6.42 Å². The summed E-state index contributed by atoms with van der Waals surface area (Å²) in [5.41, 5.74) is 6.06. The Balaban J connectivity index is 0.00000104. The number of halogens is 2. The van der Waals surface area contributed by atoms with Gasteiger partial charge in [0.25, 0.3) is 0 Å². The largest absolute Gasteiger partial charge is 1.00 e. The van der Waals surface area contributed by atoms with Gasteiger partial charge in [-0.2, -0.15) is 0 Å². The van der Waals surface area contributed by atoms with Crippen LogP contribution in [0, 0.1) is 0 Å². The Kier molecular flexibility index (Phi) is 6.93. The summed E-state index contributed by atoms with van der Waals surface area (Å²) in [6, 6.07) is 15.9. The smallest absolute Gasteiger partial charge is 1.00 e. The molecule has 4 rings (SSSR count). The number of benzene rings is 2. The van der Waals surface area contributed by atoms with Crippen molar-refractivity contribution < 1.29 is 55.2 Å². The summed E-state index contributed by atoms with van der Waals surface area (Å²) < 4.78 is 5.11. The molecule has 0 bridgehead atoms.